The first kappa shape index (κ1) is 18.3. The molecule has 1 aliphatic heterocycles. The fourth-order valence-electron chi connectivity index (χ4n) is 3.22. The van der Waals surface area contributed by atoms with Crippen LogP contribution in [0.4, 0.5) is 0 Å². The number of amides is 1. The van der Waals surface area contributed by atoms with E-state index < -0.39 is 17.9 Å². The molecular formula is C20H14N2O4S2. The van der Waals surface area contributed by atoms with E-state index in [-0.39, 0.29) is 26.7 Å². The maximum absolute atomic E-state index is 12.4. The zero-order valence-electron chi connectivity index (χ0n) is 14.4. The molecule has 1 aliphatic rings. The Kier molecular flexibility index (Phi) is 4.66. The predicted octanol–water partition coefficient (Wildman–Crippen LogP) is 2.21. The number of carboxylic acid groups (broad SMARTS) is 1. The summed E-state index contributed by atoms with van der Waals surface area (Å²) in [4.78, 5) is 28.6. The van der Waals surface area contributed by atoms with Crippen LogP contribution in [0.15, 0.2) is 59.6 Å². The SMILES string of the molecule is O=C1N=c2ccccc2=C1c1sc(=S)n([C@@H](Cc2ccccc2)C(=O)O)c1O. The lowest BCUT2D eigenvalue weighted by Crippen LogP contribution is -2.23. The van der Waals surface area contributed by atoms with E-state index in [4.69, 9.17) is 12.2 Å². The summed E-state index contributed by atoms with van der Waals surface area (Å²) in [6.07, 6.45) is 0.151. The first-order valence-corrected chi connectivity index (χ1v) is 9.63. The lowest BCUT2D eigenvalue weighted by molar-refractivity contribution is -0.141. The number of hydrogen-bond donors (Lipinski definition) is 2. The molecule has 28 heavy (non-hydrogen) atoms. The van der Waals surface area contributed by atoms with Crippen molar-refractivity contribution in [2.45, 2.75) is 12.5 Å². The molecule has 1 amide bonds. The maximum atomic E-state index is 12.4. The van der Waals surface area contributed by atoms with E-state index in [2.05, 4.69) is 4.99 Å². The van der Waals surface area contributed by atoms with Crippen molar-refractivity contribution in [2.75, 3.05) is 0 Å². The van der Waals surface area contributed by atoms with Gasteiger partial charge in [0.15, 0.2) is 3.95 Å². The minimum absolute atomic E-state index is 0.151. The molecule has 2 heterocycles. The molecule has 1 atom stereocenters. The number of rotatable bonds is 5. The van der Waals surface area contributed by atoms with Crippen molar-refractivity contribution >= 4 is 41.0 Å². The summed E-state index contributed by atoms with van der Waals surface area (Å²) in [5, 5.41) is 21.7. The summed E-state index contributed by atoms with van der Waals surface area (Å²) in [7, 11) is 0. The van der Waals surface area contributed by atoms with Crippen LogP contribution >= 0.6 is 23.6 Å². The molecule has 8 heteroatoms. The van der Waals surface area contributed by atoms with Gasteiger partial charge in [-0.15, -0.1) is 11.3 Å². The largest absolute Gasteiger partial charge is 0.493 e. The Bertz CT molecular complexity index is 1280. The predicted molar refractivity (Wildman–Crippen MR) is 106 cm³/mol. The molecule has 0 fully saturated rings. The van der Waals surface area contributed by atoms with E-state index in [0.717, 1.165) is 16.9 Å². The highest BCUT2D eigenvalue weighted by Crippen LogP contribution is 2.35. The Morgan fingerprint density at radius 3 is 2.54 bits per heavy atom. The van der Waals surface area contributed by atoms with Gasteiger partial charge in [-0.25, -0.2) is 9.79 Å². The number of carboxylic acids is 1. The molecular weight excluding hydrogens is 396 g/mol. The van der Waals surface area contributed by atoms with Crippen LogP contribution in [0.3, 0.4) is 0 Å². The third-order valence-electron chi connectivity index (χ3n) is 4.52. The van der Waals surface area contributed by atoms with Crippen LogP contribution in [-0.4, -0.2) is 26.7 Å². The van der Waals surface area contributed by atoms with E-state index in [0.29, 0.717) is 10.6 Å². The number of carbonyl (C=O) groups excluding carboxylic acids is 1. The molecule has 0 unspecified atom stereocenters. The molecule has 2 N–H and O–H groups in total. The van der Waals surface area contributed by atoms with Crippen molar-refractivity contribution in [2.24, 2.45) is 4.99 Å². The van der Waals surface area contributed by atoms with Gasteiger partial charge in [0.25, 0.3) is 5.91 Å². The third-order valence-corrected chi connectivity index (χ3v) is 5.93. The van der Waals surface area contributed by atoms with Crippen LogP contribution in [0, 0.1) is 3.95 Å². The van der Waals surface area contributed by atoms with Crippen molar-refractivity contribution in [3.63, 3.8) is 0 Å². The van der Waals surface area contributed by atoms with E-state index in [1.807, 2.05) is 30.3 Å². The zero-order valence-corrected chi connectivity index (χ0v) is 16.0. The van der Waals surface area contributed by atoms with Gasteiger partial charge in [0, 0.05) is 11.6 Å². The van der Waals surface area contributed by atoms with E-state index in [1.54, 1.807) is 24.3 Å². The Balaban J connectivity index is 1.87. The topological polar surface area (TPSA) is 91.9 Å². The molecule has 0 saturated carbocycles. The van der Waals surface area contributed by atoms with Crippen LogP contribution in [0.5, 0.6) is 5.88 Å². The number of para-hydroxylation sites is 1. The van der Waals surface area contributed by atoms with Gasteiger partial charge in [-0.2, -0.15) is 0 Å². The smallest absolute Gasteiger partial charge is 0.327 e. The first-order chi connectivity index (χ1) is 13.5. The van der Waals surface area contributed by atoms with Gasteiger partial charge in [-0.05, 0) is 23.8 Å². The van der Waals surface area contributed by atoms with Crippen molar-refractivity contribution < 1.29 is 19.8 Å². The molecule has 0 spiro atoms. The number of aliphatic carboxylic acids is 1. The summed E-state index contributed by atoms with van der Waals surface area (Å²) in [5.41, 5.74) is 1.04. The van der Waals surface area contributed by atoms with Crippen LogP contribution in [0.1, 0.15) is 16.5 Å². The highest BCUT2D eigenvalue weighted by Gasteiger charge is 2.30. The second-order valence-corrected chi connectivity index (χ2v) is 7.89. The number of nitrogens with zero attached hydrogens (tertiary/aromatic N) is 2. The minimum atomic E-state index is -1.12. The van der Waals surface area contributed by atoms with E-state index in [9.17, 15) is 19.8 Å². The number of aromatic hydroxyl groups is 1. The molecule has 0 saturated heterocycles. The molecule has 4 rings (SSSR count). The van der Waals surface area contributed by atoms with Gasteiger partial charge in [0.1, 0.15) is 10.9 Å². The summed E-state index contributed by atoms with van der Waals surface area (Å²) in [5.74, 6) is -1.92. The average Bonchev–Trinajstić information content (AvgIpc) is 3.15. The van der Waals surface area contributed by atoms with Crippen molar-refractivity contribution in [3.8, 4) is 5.88 Å². The van der Waals surface area contributed by atoms with Crippen LogP contribution in [0.2, 0.25) is 0 Å². The summed E-state index contributed by atoms with van der Waals surface area (Å²) >= 11 is 6.36. The van der Waals surface area contributed by atoms with Crippen LogP contribution in [-0.2, 0) is 16.0 Å². The van der Waals surface area contributed by atoms with E-state index >= 15 is 0 Å². The molecule has 140 valence electrons. The fourth-order valence-corrected chi connectivity index (χ4v) is 4.66. The monoisotopic (exact) mass is 410 g/mol. The second kappa shape index (κ2) is 7.14. The van der Waals surface area contributed by atoms with Crippen LogP contribution < -0.4 is 10.6 Å². The highest BCUT2D eigenvalue weighted by atomic mass is 32.1. The number of benzene rings is 2. The maximum Gasteiger partial charge on any atom is 0.327 e. The van der Waals surface area contributed by atoms with E-state index in [1.165, 1.54) is 4.57 Å². The Morgan fingerprint density at radius 1 is 1.14 bits per heavy atom. The molecule has 2 aromatic carbocycles. The summed E-state index contributed by atoms with van der Waals surface area (Å²) in [6, 6.07) is 15.0. The van der Waals surface area contributed by atoms with Crippen molar-refractivity contribution in [1.82, 2.24) is 4.57 Å². The summed E-state index contributed by atoms with van der Waals surface area (Å²) < 4.78 is 1.38. The van der Waals surface area contributed by atoms with Crippen molar-refractivity contribution in [1.29, 1.82) is 0 Å². The third kappa shape index (κ3) is 3.06. The molecule has 6 nitrogen and oxygen atoms in total. The first-order valence-electron chi connectivity index (χ1n) is 8.41. The van der Waals surface area contributed by atoms with Gasteiger partial charge >= 0.3 is 5.97 Å². The minimum Gasteiger partial charge on any atom is -0.493 e. The zero-order chi connectivity index (χ0) is 19.8. The van der Waals surface area contributed by atoms with Gasteiger partial charge in [-0.3, -0.25) is 9.36 Å². The molecule has 0 aliphatic carbocycles. The second-order valence-electron chi connectivity index (χ2n) is 6.24. The number of fused-ring (bicyclic) bond motifs is 1. The lowest BCUT2D eigenvalue weighted by atomic mass is 10.1. The normalized spacial score (nSPS) is 13.9. The Morgan fingerprint density at radius 2 is 1.82 bits per heavy atom. The number of hydrogen-bond acceptors (Lipinski definition) is 5. The van der Waals surface area contributed by atoms with Crippen LogP contribution in [0.25, 0.3) is 5.57 Å². The molecule has 3 aromatic rings. The standard InChI is InChI=1S/C20H14N2O4S2/c23-17-15(12-8-4-5-9-13(12)21-17)16-18(24)22(20(27)28-16)14(19(25)26)10-11-6-2-1-3-7-11/h1-9,14,24H,10H2,(H,25,26)/t14-/m0/s1. The fraction of sp³-hybridized carbons (Fsp3) is 0.100. The highest BCUT2D eigenvalue weighted by molar-refractivity contribution is 7.73. The molecule has 0 bridgehead atoms. The van der Waals surface area contributed by atoms with Gasteiger partial charge in [0.2, 0.25) is 5.88 Å². The van der Waals surface area contributed by atoms with Crippen molar-refractivity contribution in [3.05, 3.63) is 79.6 Å². The Labute approximate surface area is 168 Å². The number of aromatic nitrogens is 1. The average molecular weight is 410 g/mol. The molecule has 1 aromatic heterocycles. The Hall–Kier alpha value is -3.10. The quantitative estimate of drug-likeness (QED) is 0.630. The number of carbonyl (C=O) groups is 2. The van der Waals surface area contributed by atoms with Gasteiger partial charge in [-0.1, -0.05) is 48.5 Å². The molecule has 0 radical (unpaired) electrons. The lowest BCUT2D eigenvalue weighted by Gasteiger charge is -2.15. The van der Waals surface area contributed by atoms with Gasteiger partial charge in [0.05, 0.1) is 10.9 Å². The van der Waals surface area contributed by atoms with Gasteiger partial charge < -0.3 is 10.2 Å². The summed E-state index contributed by atoms with van der Waals surface area (Å²) in [6.45, 7) is 0. The number of thiazole rings is 1.